The molecule has 0 radical (unpaired) electrons. The predicted molar refractivity (Wildman–Crippen MR) is 142 cm³/mol. The van der Waals surface area contributed by atoms with E-state index in [0.717, 1.165) is 19.1 Å². The van der Waals surface area contributed by atoms with E-state index in [1.165, 1.54) is 103 Å². The minimum atomic E-state index is -0.252. The van der Waals surface area contributed by atoms with Crippen LogP contribution >= 0.6 is 0 Å². The van der Waals surface area contributed by atoms with E-state index in [1.54, 1.807) is 18.2 Å². The monoisotopic (exact) mass is 472 g/mol. The minimum absolute atomic E-state index is 0.252. The predicted octanol–water partition coefficient (Wildman–Crippen LogP) is 9.01. The van der Waals surface area contributed by atoms with Crippen molar-refractivity contribution in [3.8, 4) is 11.5 Å². The molecule has 0 aliphatic heterocycles. The number of methoxy groups -OCH3 is 1. The van der Waals surface area contributed by atoms with Crippen molar-refractivity contribution in [2.24, 2.45) is 0 Å². The molecule has 0 bridgehead atoms. The molecule has 1 aromatic rings. The van der Waals surface area contributed by atoms with Gasteiger partial charge in [-0.1, -0.05) is 96.1 Å². The van der Waals surface area contributed by atoms with Gasteiger partial charge in [0, 0.05) is 12.0 Å². The Bertz CT molecular complexity index is 680. The van der Waals surface area contributed by atoms with E-state index >= 15 is 0 Å². The van der Waals surface area contributed by atoms with Gasteiger partial charge in [-0.25, -0.2) is 0 Å². The number of carbonyl (C=O) groups is 2. The van der Waals surface area contributed by atoms with Gasteiger partial charge < -0.3 is 9.47 Å². The molecule has 0 amide bonds. The van der Waals surface area contributed by atoms with E-state index in [4.69, 9.17) is 9.47 Å². The van der Waals surface area contributed by atoms with E-state index in [-0.39, 0.29) is 5.97 Å². The van der Waals surface area contributed by atoms with Crippen LogP contribution in [0.1, 0.15) is 133 Å². The molecular weight excluding hydrogens is 424 g/mol. The topological polar surface area (TPSA) is 52.6 Å². The van der Waals surface area contributed by atoms with E-state index in [1.807, 2.05) is 0 Å². The molecule has 1 aromatic carbocycles. The summed E-state index contributed by atoms with van der Waals surface area (Å²) in [6, 6.07) is 4.79. The lowest BCUT2D eigenvalue weighted by Gasteiger charge is -2.09. The number of hydrogen-bond acceptors (Lipinski definition) is 4. The fourth-order valence-electron chi connectivity index (χ4n) is 4.06. The van der Waals surface area contributed by atoms with Gasteiger partial charge in [-0.15, -0.1) is 0 Å². The molecule has 0 aromatic heterocycles. The van der Waals surface area contributed by atoms with Crippen LogP contribution in [0, 0.1) is 0 Å². The zero-order chi connectivity index (χ0) is 24.7. The summed E-state index contributed by atoms with van der Waals surface area (Å²) >= 11 is 0. The lowest BCUT2D eigenvalue weighted by Crippen LogP contribution is -2.08. The first-order valence-electron chi connectivity index (χ1n) is 13.7. The Morgan fingerprint density at radius 2 is 1.26 bits per heavy atom. The van der Waals surface area contributed by atoms with Crippen LogP contribution in [0.3, 0.4) is 0 Å². The molecule has 0 unspecified atom stereocenters. The molecule has 1 rings (SSSR count). The molecule has 0 fully saturated rings. The van der Waals surface area contributed by atoms with Crippen molar-refractivity contribution in [2.45, 2.75) is 122 Å². The van der Waals surface area contributed by atoms with Crippen LogP contribution in [0.4, 0.5) is 0 Å². The molecule has 0 spiro atoms. The van der Waals surface area contributed by atoms with Crippen molar-refractivity contribution in [1.82, 2.24) is 0 Å². The van der Waals surface area contributed by atoms with Crippen molar-refractivity contribution in [3.05, 3.63) is 35.9 Å². The third-order valence-electron chi connectivity index (χ3n) is 6.19. The number of benzene rings is 1. The molecule has 192 valence electrons. The molecule has 4 heteroatoms. The van der Waals surface area contributed by atoms with Crippen molar-refractivity contribution in [3.63, 3.8) is 0 Å². The highest BCUT2D eigenvalue weighted by Crippen LogP contribution is 2.28. The molecule has 0 N–H and O–H groups in total. The van der Waals surface area contributed by atoms with E-state index < -0.39 is 0 Å². The smallest absolute Gasteiger partial charge is 0.311 e. The fraction of sp³-hybridized carbons (Fsp3) is 0.667. The summed E-state index contributed by atoms with van der Waals surface area (Å²) < 4.78 is 10.6. The number of unbranched alkanes of at least 4 members (excludes halogenated alkanes) is 15. The zero-order valence-electron chi connectivity index (χ0n) is 21.8. The molecule has 0 saturated heterocycles. The molecule has 0 saturated carbocycles. The van der Waals surface area contributed by atoms with Gasteiger partial charge in [0.25, 0.3) is 0 Å². The average Bonchev–Trinajstić information content (AvgIpc) is 2.85. The summed E-state index contributed by atoms with van der Waals surface area (Å²) in [5.74, 6) is 0.520. The highest BCUT2D eigenvalue weighted by Gasteiger charge is 2.10. The van der Waals surface area contributed by atoms with Gasteiger partial charge in [-0.3, -0.25) is 9.59 Å². The maximum absolute atomic E-state index is 12.1. The third-order valence-corrected chi connectivity index (χ3v) is 6.19. The van der Waals surface area contributed by atoms with Crippen LogP contribution in [0.5, 0.6) is 11.5 Å². The van der Waals surface area contributed by atoms with Gasteiger partial charge in [-0.05, 0) is 50.3 Å². The van der Waals surface area contributed by atoms with E-state index in [0.29, 0.717) is 23.5 Å². The Morgan fingerprint density at radius 3 is 1.79 bits per heavy atom. The van der Waals surface area contributed by atoms with Crippen LogP contribution in [0.25, 0.3) is 0 Å². The van der Waals surface area contributed by atoms with Crippen molar-refractivity contribution in [2.75, 3.05) is 7.11 Å². The Balaban J connectivity index is 1.90. The average molecular weight is 473 g/mol. The first-order chi connectivity index (χ1) is 16.7. The van der Waals surface area contributed by atoms with Crippen LogP contribution in [-0.2, 0) is 4.79 Å². The summed E-state index contributed by atoms with van der Waals surface area (Å²) in [6.45, 7) is 2.27. The minimum Gasteiger partial charge on any atom is -0.493 e. The normalized spacial score (nSPS) is 11.1. The van der Waals surface area contributed by atoms with Gasteiger partial charge >= 0.3 is 5.97 Å². The standard InChI is InChI=1S/C30H48O4/c1-3-4-5-6-7-8-9-10-11-12-13-14-15-16-17-18-19-20-21-22-30(32)34-28-24-23-27(26-31)25-29(28)33-2/h10-11,23-26H,3-9,12-22H2,1-2H3/b11-10-. The number of aldehydes is 1. The Kier molecular flexibility index (Phi) is 18.9. The van der Waals surface area contributed by atoms with E-state index in [2.05, 4.69) is 19.1 Å². The third kappa shape index (κ3) is 15.7. The number of ether oxygens (including phenoxy) is 2. The summed E-state index contributed by atoms with van der Waals surface area (Å²) in [5.41, 5.74) is 0.493. The quantitative estimate of drug-likeness (QED) is 0.0555. The summed E-state index contributed by atoms with van der Waals surface area (Å²) in [6.07, 6.45) is 27.6. The summed E-state index contributed by atoms with van der Waals surface area (Å²) in [7, 11) is 1.50. The molecule has 0 heterocycles. The second-order valence-electron chi connectivity index (χ2n) is 9.25. The second-order valence-corrected chi connectivity index (χ2v) is 9.25. The van der Waals surface area contributed by atoms with Gasteiger partial charge in [0.15, 0.2) is 11.5 Å². The first-order valence-corrected chi connectivity index (χ1v) is 13.7. The lowest BCUT2D eigenvalue weighted by molar-refractivity contribution is -0.134. The van der Waals surface area contributed by atoms with Gasteiger partial charge in [0.1, 0.15) is 6.29 Å². The van der Waals surface area contributed by atoms with Crippen LogP contribution in [0.15, 0.2) is 30.4 Å². The highest BCUT2D eigenvalue weighted by molar-refractivity contribution is 5.78. The zero-order valence-corrected chi connectivity index (χ0v) is 21.8. The number of esters is 1. The maximum atomic E-state index is 12.1. The molecule has 4 nitrogen and oxygen atoms in total. The van der Waals surface area contributed by atoms with Crippen LogP contribution in [-0.4, -0.2) is 19.4 Å². The van der Waals surface area contributed by atoms with Crippen LogP contribution < -0.4 is 9.47 Å². The van der Waals surface area contributed by atoms with Crippen molar-refractivity contribution >= 4 is 12.3 Å². The molecular formula is C30H48O4. The number of hydrogen-bond donors (Lipinski definition) is 0. The molecule has 0 aliphatic carbocycles. The van der Waals surface area contributed by atoms with Gasteiger partial charge in [0.2, 0.25) is 0 Å². The Morgan fingerprint density at radius 1 is 0.735 bits per heavy atom. The van der Waals surface area contributed by atoms with Gasteiger partial charge in [-0.2, -0.15) is 0 Å². The number of rotatable bonds is 22. The Labute approximate surface area is 208 Å². The highest BCUT2D eigenvalue weighted by atomic mass is 16.6. The fourth-order valence-corrected chi connectivity index (χ4v) is 4.06. The SMILES string of the molecule is CCCCCCCC/C=C\CCCCCCCCCCCC(=O)Oc1ccc(C=O)cc1OC. The first kappa shape index (κ1) is 29.9. The van der Waals surface area contributed by atoms with Crippen molar-refractivity contribution < 1.29 is 19.1 Å². The molecule has 0 aliphatic rings. The summed E-state index contributed by atoms with van der Waals surface area (Å²) in [4.78, 5) is 22.9. The number of allylic oxidation sites excluding steroid dienone is 2. The lowest BCUT2D eigenvalue weighted by atomic mass is 10.1. The Hall–Kier alpha value is -2.10. The molecule has 34 heavy (non-hydrogen) atoms. The summed E-state index contributed by atoms with van der Waals surface area (Å²) in [5, 5.41) is 0. The maximum Gasteiger partial charge on any atom is 0.311 e. The second kappa shape index (κ2) is 21.4. The van der Waals surface area contributed by atoms with Gasteiger partial charge in [0.05, 0.1) is 7.11 Å². The van der Waals surface area contributed by atoms with Crippen LogP contribution in [0.2, 0.25) is 0 Å². The largest absolute Gasteiger partial charge is 0.493 e. The van der Waals surface area contributed by atoms with Crippen molar-refractivity contribution in [1.29, 1.82) is 0 Å². The number of carbonyl (C=O) groups excluding carboxylic acids is 2. The molecule has 0 atom stereocenters. The van der Waals surface area contributed by atoms with E-state index in [9.17, 15) is 9.59 Å².